The topological polar surface area (TPSA) is 69.3 Å². The van der Waals surface area contributed by atoms with E-state index in [1.807, 2.05) is 12.3 Å². The third-order valence-corrected chi connectivity index (χ3v) is 4.86. The molecule has 0 aromatic carbocycles. The molecule has 3 N–H and O–H groups in total. The van der Waals surface area contributed by atoms with E-state index in [9.17, 15) is 4.79 Å². The van der Waals surface area contributed by atoms with E-state index < -0.39 is 0 Å². The number of nitrogens with one attached hydrogen (secondary N) is 3. The van der Waals surface area contributed by atoms with Gasteiger partial charge in [-0.3, -0.25) is 14.8 Å². The Balaban J connectivity index is 1.60. The smallest absolute Gasteiger partial charge is 0.247 e. The Morgan fingerprint density at radius 3 is 2.91 bits per heavy atom. The minimum absolute atomic E-state index is 0.0207. The van der Waals surface area contributed by atoms with Gasteiger partial charge in [0.1, 0.15) is 6.17 Å². The molecule has 22 heavy (non-hydrogen) atoms. The number of pyridine rings is 1. The van der Waals surface area contributed by atoms with Crippen LogP contribution in [0.15, 0.2) is 36.3 Å². The van der Waals surface area contributed by atoms with Crippen LogP contribution in [0.1, 0.15) is 24.3 Å². The average Bonchev–Trinajstić information content (AvgIpc) is 2.99. The van der Waals surface area contributed by atoms with Crippen LogP contribution < -0.4 is 16.1 Å². The van der Waals surface area contributed by atoms with Crippen LogP contribution in [0.25, 0.3) is 0 Å². The van der Waals surface area contributed by atoms with E-state index in [-0.39, 0.29) is 18.0 Å². The number of piperidine rings is 1. The molecule has 4 rings (SSSR count). The quantitative estimate of drug-likeness (QED) is 0.734. The molecule has 2 saturated heterocycles. The third kappa shape index (κ3) is 2.38. The number of allylic oxidation sites excluding steroid dienone is 1. The summed E-state index contributed by atoms with van der Waals surface area (Å²) in [7, 11) is 0. The predicted octanol–water partition coefficient (Wildman–Crippen LogP) is 0.325. The van der Waals surface area contributed by atoms with Gasteiger partial charge in [0.15, 0.2) is 0 Å². The van der Waals surface area contributed by atoms with Gasteiger partial charge in [0, 0.05) is 42.5 Å². The van der Waals surface area contributed by atoms with E-state index in [1.165, 1.54) is 0 Å². The highest BCUT2D eigenvalue weighted by Gasteiger charge is 2.41. The van der Waals surface area contributed by atoms with Gasteiger partial charge in [-0.05, 0) is 37.6 Å². The highest BCUT2D eigenvalue weighted by Crippen LogP contribution is 2.34. The van der Waals surface area contributed by atoms with Crippen molar-refractivity contribution in [2.24, 2.45) is 5.92 Å². The number of hydrogen-bond acceptors (Lipinski definition) is 5. The van der Waals surface area contributed by atoms with Crippen molar-refractivity contribution in [2.75, 3.05) is 19.6 Å². The van der Waals surface area contributed by atoms with E-state index in [0.29, 0.717) is 5.92 Å². The molecule has 2 unspecified atom stereocenters. The van der Waals surface area contributed by atoms with Gasteiger partial charge in [-0.25, -0.2) is 5.43 Å². The van der Waals surface area contributed by atoms with E-state index in [4.69, 9.17) is 0 Å². The van der Waals surface area contributed by atoms with Crippen molar-refractivity contribution in [3.8, 4) is 0 Å². The molecule has 6 heteroatoms. The van der Waals surface area contributed by atoms with Gasteiger partial charge in [0.2, 0.25) is 5.91 Å². The van der Waals surface area contributed by atoms with Crippen molar-refractivity contribution < 1.29 is 4.79 Å². The monoisotopic (exact) mass is 299 g/mol. The number of hydrazine groups is 1. The molecular weight excluding hydrogens is 278 g/mol. The van der Waals surface area contributed by atoms with Crippen LogP contribution in [0.2, 0.25) is 0 Å². The minimum Gasteiger partial charge on any atom is -0.330 e. The van der Waals surface area contributed by atoms with Gasteiger partial charge in [-0.1, -0.05) is 6.07 Å². The zero-order valence-corrected chi connectivity index (χ0v) is 12.5. The molecule has 4 heterocycles. The van der Waals surface area contributed by atoms with Crippen molar-refractivity contribution in [1.82, 2.24) is 26.1 Å². The van der Waals surface area contributed by atoms with E-state index in [1.54, 1.807) is 12.3 Å². The van der Waals surface area contributed by atoms with Crippen LogP contribution >= 0.6 is 0 Å². The van der Waals surface area contributed by atoms with Crippen molar-refractivity contribution >= 4 is 5.91 Å². The summed E-state index contributed by atoms with van der Waals surface area (Å²) in [6, 6.07) is 4.03. The molecule has 0 radical (unpaired) electrons. The maximum atomic E-state index is 12.2. The first kappa shape index (κ1) is 13.7. The minimum atomic E-state index is -0.0217. The van der Waals surface area contributed by atoms with Crippen molar-refractivity contribution in [1.29, 1.82) is 0 Å². The summed E-state index contributed by atoms with van der Waals surface area (Å²) in [4.78, 5) is 16.4. The lowest BCUT2D eigenvalue weighted by molar-refractivity contribution is -0.119. The summed E-state index contributed by atoms with van der Waals surface area (Å²) in [6.07, 6.45) is 7.59. The lowest BCUT2D eigenvalue weighted by Crippen LogP contribution is -2.53. The summed E-state index contributed by atoms with van der Waals surface area (Å²) in [5.74, 6) is 0.699. The Hall–Kier alpha value is -1.92. The molecule has 0 saturated carbocycles. The van der Waals surface area contributed by atoms with Crippen molar-refractivity contribution in [2.45, 2.75) is 24.9 Å². The Kier molecular flexibility index (Phi) is 3.56. The summed E-state index contributed by atoms with van der Waals surface area (Å²) in [5, 5.41) is 8.66. The lowest BCUT2D eigenvalue weighted by Gasteiger charge is -2.39. The second-order valence-electron chi connectivity index (χ2n) is 6.17. The van der Waals surface area contributed by atoms with Gasteiger partial charge in [0.05, 0.1) is 0 Å². The lowest BCUT2D eigenvalue weighted by atomic mass is 9.91. The number of aromatic nitrogens is 1. The standard InChI is InChI=1S/C16H21N5O/c22-15-8-14(11-3-6-17-7-4-11)21-16(20-15)13(10-19-21)12-2-1-5-18-9-12/h1-2,5,8-9,11,13,16-17,19H,3-4,6-7,10H2,(H,20,22). The summed E-state index contributed by atoms with van der Waals surface area (Å²) in [5.41, 5.74) is 5.78. The van der Waals surface area contributed by atoms with Crippen LogP contribution in [0, 0.1) is 5.92 Å². The maximum Gasteiger partial charge on any atom is 0.247 e. The van der Waals surface area contributed by atoms with E-state index >= 15 is 0 Å². The fourth-order valence-corrected chi connectivity index (χ4v) is 3.72. The number of carbonyl (C=O) groups excluding carboxylic acids is 1. The predicted molar refractivity (Wildman–Crippen MR) is 82.4 cm³/mol. The SMILES string of the molecule is O=C1C=C(C2CCNCC2)N2NCC(c3cccnc3)C2N1. The molecule has 116 valence electrons. The number of amides is 1. The number of fused-ring (bicyclic) bond motifs is 1. The number of nitrogens with zero attached hydrogens (tertiary/aromatic N) is 2. The Labute approximate surface area is 129 Å². The zero-order chi connectivity index (χ0) is 14.9. The molecule has 6 nitrogen and oxygen atoms in total. The van der Waals surface area contributed by atoms with Crippen LogP contribution in [-0.4, -0.2) is 41.7 Å². The second kappa shape index (κ2) is 5.70. The Morgan fingerprint density at radius 2 is 2.14 bits per heavy atom. The first-order valence-corrected chi connectivity index (χ1v) is 7.98. The molecule has 0 aliphatic carbocycles. The molecule has 2 fully saturated rings. The van der Waals surface area contributed by atoms with Crippen molar-refractivity contribution in [3.05, 3.63) is 41.9 Å². The second-order valence-corrected chi connectivity index (χ2v) is 6.17. The zero-order valence-electron chi connectivity index (χ0n) is 12.5. The molecule has 1 aromatic rings. The van der Waals surface area contributed by atoms with Gasteiger partial charge in [-0.2, -0.15) is 0 Å². The molecule has 0 spiro atoms. The van der Waals surface area contributed by atoms with Gasteiger partial charge in [-0.15, -0.1) is 0 Å². The van der Waals surface area contributed by atoms with Crippen LogP contribution in [0.3, 0.4) is 0 Å². The normalized spacial score (nSPS) is 29.0. The molecule has 3 aliphatic heterocycles. The molecular formula is C16H21N5O. The maximum absolute atomic E-state index is 12.2. The third-order valence-electron chi connectivity index (χ3n) is 4.86. The van der Waals surface area contributed by atoms with E-state index in [0.717, 1.165) is 43.7 Å². The average molecular weight is 299 g/mol. The van der Waals surface area contributed by atoms with Gasteiger partial charge >= 0.3 is 0 Å². The largest absolute Gasteiger partial charge is 0.330 e. The molecule has 3 aliphatic rings. The highest BCUT2D eigenvalue weighted by atomic mass is 16.2. The molecule has 2 atom stereocenters. The molecule has 1 amide bonds. The number of rotatable bonds is 2. The van der Waals surface area contributed by atoms with Gasteiger partial charge < -0.3 is 10.6 Å². The summed E-state index contributed by atoms with van der Waals surface area (Å²) < 4.78 is 0. The molecule has 1 aromatic heterocycles. The summed E-state index contributed by atoms with van der Waals surface area (Å²) >= 11 is 0. The first-order valence-electron chi connectivity index (χ1n) is 7.98. The number of carbonyl (C=O) groups is 1. The van der Waals surface area contributed by atoms with E-state index in [2.05, 4.69) is 32.1 Å². The van der Waals surface area contributed by atoms with Crippen molar-refractivity contribution in [3.63, 3.8) is 0 Å². The highest BCUT2D eigenvalue weighted by molar-refractivity contribution is 5.89. The van der Waals surface area contributed by atoms with Crippen LogP contribution in [0.5, 0.6) is 0 Å². The first-order chi connectivity index (χ1) is 10.8. The summed E-state index contributed by atoms with van der Waals surface area (Å²) in [6.45, 7) is 2.86. The fourth-order valence-electron chi connectivity index (χ4n) is 3.72. The Morgan fingerprint density at radius 1 is 1.27 bits per heavy atom. The Bertz CT molecular complexity index is 581. The fraction of sp³-hybridized carbons (Fsp3) is 0.500. The molecule has 0 bridgehead atoms. The van der Waals surface area contributed by atoms with Gasteiger partial charge in [0.25, 0.3) is 0 Å². The number of hydrogen-bond donors (Lipinski definition) is 3. The van der Waals surface area contributed by atoms with Crippen LogP contribution in [0.4, 0.5) is 0 Å². The van der Waals surface area contributed by atoms with Crippen LogP contribution in [-0.2, 0) is 4.79 Å².